The quantitative estimate of drug-likeness (QED) is 0.616. The predicted molar refractivity (Wildman–Crippen MR) is 61.4 cm³/mol. The summed E-state index contributed by atoms with van der Waals surface area (Å²) < 4.78 is 0. The van der Waals surface area contributed by atoms with Crippen LogP contribution in [-0.2, 0) is 0 Å². The van der Waals surface area contributed by atoms with Crippen molar-refractivity contribution in [1.29, 1.82) is 5.26 Å². The molecular weight excluding hydrogens is 195 g/mol. The van der Waals surface area contributed by atoms with Gasteiger partial charge in [0.15, 0.2) is 0 Å². The Morgan fingerprint density at radius 1 is 0.875 bits per heavy atom. The lowest BCUT2D eigenvalue weighted by atomic mass is 10.0. The summed E-state index contributed by atoms with van der Waals surface area (Å²) in [7, 11) is 0. The van der Waals surface area contributed by atoms with Crippen molar-refractivity contribution in [3.63, 3.8) is 0 Å². The van der Waals surface area contributed by atoms with Gasteiger partial charge in [0.05, 0.1) is 5.56 Å². The van der Waals surface area contributed by atoms with E-state index >= 15 is 0 Å². The molecule has 16 heavy (non-hydrogen) atoms. The standard InChI is InChI=1S/C14H8N2/c15-9-14-8-13(10-16-11-14)7-6-12-4-2-1-3-5-12/h1-5,8,10-11H/i9-1. The Kier molecular flexibility index (Phi) is 2.97. The van der Waals surface area contributed by atoms with Gasteiger partial charge in [0.25, 0.3) is 0 Å². The largest absolute Gasteiger partial charge is 0.262 e. The van der Waals surface area contributed by atoms with Gasteiger partial charge in [0.1, 0.15) is 6.07 Å². The second-order valence-corrected chi connectivity index (χ2v) is 3.19. The number of nitrogens with zero attached hydrogens (tertiary/aromatic N) is 2. The van der Waals surface area contributed by atoms with E-state index in [1.807, 2.05) is 36.4 Å². The van der Waals surface area contributed by atoms with Crippen molar-refractivity contribution in [2.45, 2.75) is 0 Å². The van der Waals surface area contributed by atoms with E-state index in [0.717, 1.165) is 11.1 Å². The lowest BCUT2D eigenvalue weighted by molar-refractivity contribution is 1.29. The smallest absolute Gasteiger partial charge is 0.101 e. The Balaban J connectivity index is 2.28. The summed E-state index contributed by atoms with van der Waals surface area (Å²) in [5.74, 6) is 5.98. The molecule has 0 aliphatic rings. The van der Waals surface area contributed by atoms with Crippen LogP contribution in [0, 0.1) is 23.2 Å². The number of hydrogen-bond acceptors (Lipinski definition) is 2. The van der Waals surface area contributed by atoms with Crippen molar-refractivity contribution in [2.75, 3.05) is 0 Å². The van der Waals surface area contributed by atoms with E-state index in [1.165, 1.54) is 6.20 Å². The maximum absolute atomic E-state index is 8.71. The molecule has 1 aromatic carbocycles. The summed E-state index contributed by atoms with van der Waals surface area (Å²) in [6.45, 7) is 0. The van der Waals surface area contributed by atoms with E-state index in [4.69, 9.17) is 5.26 Å². The van der Waals surface area contributed by atoms with Gasteiger partial charge in [-0.05, 0) is 18.2 Å². The summed E-state index contributed by atoms with van der Waals surface area (Å²) >= 11 is 0. The van der Waals surface area contributed by atoms with Crippen molar-refractivity contribution in [3.05, 3.63) is 65.5 Å². The van der Waals surface area contributed by atoms with Gasteiger partial charge in [-0.3, -0.25) is 4.98 Å². The third-order valence-electron chi connectivity index (χ3n) is 1.99. The Hall–Kier alpha value is -2.58. The predicted octanol–water partition coefficient (Wildman–Crippen LogP) is 2.35. The Bertz CT molecular complexity index is 583. The van der Waals surface area contributed by atoms with Gasteiger partial charge in [0.2, 0.25) is 0 Å². The molecule has 0 amide bonds. The van der Waals surface area contributed by atoms with E-state index in [9.17, 15) is 0 Å². The molecule has 0 aliphatic carbocycles. The van der Waals surface area contributed by atoms with E-state index < -0.39 is 0 Å². The van der Waals surface area contributed by atoms with Crippen molar-refractivity contribution in [2.24, 2.45) is 0 Å². The summed E-state index contributed by atoms with van der Waals surface area (Å²) in [5.41, 5.74) is 2.23. The summed E-state index contributed by atoms with van der Waals surface area (Å²) in [6.07, 6.45) is 3.17. The molecule has 1 aromatic heterocycles. The Labute approximate surface area is 94.2 Å². The molecule has 1 heterocycles. The minimum Gasteiger partial charge on any atom is -0.262 e. The van der Waals surface area contributed by atoms with Gasteiger partial charge in [-0.15, -0.1) is 0 Å². The number of pyridine rings is 1. The van der Waals surface area contributed by atoms with Gasteiger partial charge in [-0.1, -0.05) is 30.0 Å². The van der Waals surface area contributed by atoms with Crippen LogP contribution in [-0.4, -0.2) is 4.98 Å². The van der Waals surface area contributed by atoms with Gasteiger partial charge >= 0.3 is 0 Å². The second kappa shape index (κ2) is 4.77. The Morgan fingerprint density at radius 2 is 1.56 bits per heavy atom. The number of rotatable bonds is 0. The van der Waals surface area contributed by atoms with Crippen molar-refractivity contribution in [1.82, 2.24) is 4.98 Å². The molecule has 0 unspecified atom stereocenters. The maximum atomic E-state index is 8.71. The third-order valence-corrected chi connectivity index (χ3v) is 1.99. The molecule has 2 aromatic rings. The molecular formula is C14H8N2. The molecule has 0 fully saturated rings. The summed E-state index contributed by atoms with van der Waals surface area (Å²) in [6, 6.07) is 13.5. The van der Waals surface area contributed by atoms with E-state index in [-0.39, 0.29) is 0 Å². The van der Waals surface area contributed by atoms with Gasteiger partial charge < -0.3 is 0 Å². The normalized spacial score (nSPS) is 8.69. The molecule has 0 N–H and O–H groups in total. The molecule has 0 radical (unpaired) electrons. The van der Waals surface area contributed by atoms with Crippen LogP contribution in [0.2, 0.25) is 0 Å². The molecule has 0 aliphatic heterocycles. The summed E-state index contributed by atoms with van der Waals surface area (Å²) in [5, 5.41) is 8.71. The number of aromatic nitrogens is 1. The van der Waals surface area contributed by atoms with E-state index in [0.29, 0.717) is 5.56 Å². The van der Waals surface area contributed by atoms with E-state index in [2.05, 4.69) is 16.8 Å². The van der Waals surface area contributed by atoms with Crippen LogP contribution in [0.25, 0.3) is 0 Å². The van der Waals surface area contributed by atoms with Crippen molar-refractivity contribution < 1.29 is 0 Å². The van der Waals surface area contributed by atoms with Crippen LogP contribution in [0.5, 0.6) is 0 Å². The highest BCUT2D eigenvalue weighted by Crippen LogP contribution is 2.01. The highest BCUT2D eigenvalue weighted by molar-refractivity contribution is 5.44. The molecule has 0 saturated carbocycles. The van der Waals surface area contributed by atoms with Crippen molar-refractivity contribution >= 4 is 0 Å². The monoisotopic (exact) mass is 203 g/mol. The number of benzene rings is 1. The second-order valence-electron chi connectivity index (χ2n) is 3.19. The first-order valence-corrected chi connectivity index (χ1v) is 4.81. The van der Waals surface area contributed by atoms with Crippen molar-refractivity contribution in [3.8, 4) is 17.9 Å². The Morgan fingerprint density at radius 3 is 2.31 bits per heavy atom. The van der Waals surface area contributed by atoms with Crippen LogP contribution in [0.1, 0.15) is 16.7 Å². The molecule has 2 nitrogen and oxygen atoms in total. The number of nitriles is 1. The van der Waals surface area contributed by atoms with Crippen LogP contribution < -0.4 is 0 Å². The molecule has 2 rings (SSSR count). The van der Waals surface area contributed by atoms with Gasteiger partial charge in [-0.25, -0.2) is 0 Å². The average Bonchev–Trinajstić information content (AvgIpc) is 2.38. The zero-order valence-corrected chi connectivity index (χ0v) is 8.51. The first-order chi connectivity index (χ1) is 7.88. The first kappa shape index (κ1) is 9.96. The minimum absolute atomic E-state index is 0.528. The molecule has 0 saturated heterocycles. The molecule has 0 spiro atoms. The topological polar surface area (TPSA) is 36.7 Å². The lowest BCUT2D eigenvalue weighted by Crippen LogP contribution is -1.81. The zero-order valence-electron chi connectivity index (χ0n) is 8.51. The third kappa shape index (κ3) is 2.47. The van der Waals surface area contributed by atoms with Crippen LogP contribution in [0.3, 0.4) is 0 Å². The molecule has 74 valence electrons. The average molecular weight is 203 g/mol. The molecule has 0 atom stereocenters. The lowest BCUT2D eigenvalue weighted by Gasteiger charge is -1.90. The SMILES string of the molecule is N#[11C]c1cncc(C#Cc2ccccc2)c1. The minimum atomic E-state index is 0.528. The molecule has 0 bridgehead atoms. The first-order valence-electron chi connectivity index (χ1n) is 4.81. The fourth-order valence-electron chi connectivity index (χ4n) is 1.24. The fourth-order valence-corrected chi connectivity index (χ4v) is 1.24. The fraction of sp³-hybridized carbons (Fsp3) is 0. The van der Waals surface area contributed by atoms with Crippen LogP contribution in [0.4, 0.5) is 0 Å². The molecule has 2 heteroatoms. The summed E-state index contributed by atoms with van der Waals surface area (Å²) in [4.78, 5) is 3.94. The highest BCUT2D eigenvalue weighted by atomic mass is 14.6. The van der Waals surface area contributed by atoms with Crippen LogP contribution >= 0.6 is 0 Å². The maximum Gasteiger partial charge on any atom is 0.101 e. The van der Waals surface area contributed by atoms with Crippen LogP contribution in [0.15, 0.2) is 48.8 Å². The van der Waals surface area contributed by atoms with Gasteiger partial charge in [0, 0.05) is 23.5 Å². The van der Waals surface area contributed by atoms with E-state index in [1.54, 1.807) is 12.3 Å². The number of hydrogen-bond donors (Lipinski definition) is 0. The highest BCUT2D eigenvalue weighted by Gasteiger charge is 1.91. The zero-order chi connectivity index (χ0) is 11.2. The van der Waals surface area contributed by atoms with Gasteiger partial charge in [-0.2, -0.15) is 5.26 Å².